The van der Waals surface area contributed by atoms with Gasteiger partial charge in [-0.25, -0.2) is 19.9 Å². The molecule has 50 heavy (non-hydrogen) atoms. The van der Waals surface area contributed by atoms with E-state index in [1.807, 2.05) is 98.7 Å². The molecule has 0 saturated carbocycles. The third-order valence-corrected chi connectivity index (χ3v) is 10.7. The van der Waals surface area contributed by atoms with Crippen molar-refractivity contribution in [2.24, 2.45) is 0 Å². The number of nitrogens with zero attached hydrogens (tertiary/aromatic N) is 8. The van der Waals surface area contributed by atoms with E-state index in [9.17, 15) is 9.59 Å². The lowest BCUT2D eigenvalue weighted by Gasteiger charge is -2.13. The summed E-state index contributed by atoms with van der Waals surface area (Å²) in [6.45, 7) is 3.75. The Bertz CT molecular complexity index is 2640. The van der Waals surface area contributed by atoms with Gasteiger partial charge in [-0.2, -0.15) is 0 Å². The second kappa shape index (κ2) is 13.9. The van der Waals surface area contributed by atoms with E-state index in [4.69, 9.17) is 0 Å². The van der Waals surface area contributed by atoms with Gasteiger partial charge >= 0.3 is 0 Å². The molecule has 2 aromatic carbocycles. The molecule has 0 saturated heterocycles. The molecule has 0 atom stereocenters. The van der Waals surface area contributed by atoms with Crippen LogP contribution in [0.25, 0.3) is 58.3 Å². The minimum absolute atomic E-state index is 0. The van der Waals surface area contributed by atoms with Crippen molar-refractivity contribution in [1.29, 1.82) is 0 Å². The van der Waals surface area contributed by atoms with Gasteiger partial charge in [0.25, 0.3) is 11.1 Å². The predicted molar refractivity (Wildman–Crippen MR) is 214 cm³/mol. The molecule has 0 bridgehead atoms. The molecular weight excluding hydrogens is 732 g/mol. The number of thiophene rings is 2. The summed E-state index contributed by atoms with van der Waals surface area (Å²) in [5.41, 5.74) is 5.87. The average molecular weight is 766 g/mol. The molecular formula is C37H33BrN8O2S2. The Kier molecular flexibility index (Phi) is 9.65. The Labute approximate surface area is 304 Å². The number of aromatic nitrogens is 6. The van der Waals surface area contributed by atoms with Crippen molar-refractivity contribution < 1.29 is 0 Å². The second-order valence-electron chi connectivity index (χ2n) is 11.5. The first-order valence-electron chi connectivity index (χ1n) is 15.1. The molecule has 0 fully saturated rings. The number of anilines is 2. The largest absolute Gasteiger partial charge is 0.377 e. The molecule has 6 aromatic heterocycles. The fourth-order valence-electron chi connectivity index (χ4n) is 5.56. The van der Waals surface area contributed by atoms with Crippen molar-refractivity contribution in [3.05, 3.63) is 123 Å². The van der Waals surface area contributed by atoms with Gasteiger partial charge in [0.1, 0.15) is 31.7 Å². The van der Waals surface area contributed by atoms with Crippen molar-refractivity contribution in [2.45, 2.75) is 7.43 Å². The maximum atomic E-state index is 13.0. The van der Waals surface area contributed by atoms with Crippen LogP contribution >= 0.6 is 38.6 Å². The maximum absolute atomic E-state index is 13.0. The monoisotopic (exact) mass is 764 g/mol. The lowest BCUT2D eigenvalue weighted by molar-refractivity contribution is 0.967. The molecule has 13 heteroatoms. The van der Waals surface area contributed by atoms with Crippen LogP contribution in [0.15, 0.2) is 106 Å². The molecule has 0 unspecified atom stereocenters. The Balaban J connectivity index is 0.000000170. The van der Waals surface area contributed by atoms with Crippen molar-refractivity contribution in [3.63, 3.8) is 0 Å². The van der Waals surface area contributed by atoms with Crippen LogP contribution in [-0.2, 0) is 0 Å². The highest BCUT2D eigenvalue weighted by atomic mass is 79.9. The summed E-state index contributed by atoms with van der Waals surface area (Å²) < 4.78 is 5.35. The topological polar surface area (TPSA) is 102 Å². The second-order valence-corrected chi connectivity index (χ2v) is 14.4. The van der Waals surface area contributed by atoms with Crippen LogP contribution in [0, 0.1) is 0 Å². The van der Waals surface area contributed by atoms with E-state index < -0.39 is 0 Å². The van der Waals surface area contributed by atoms with Crippen LogP contribution in [0.1, 0.15) is 13.0 Å². The third kappa shape index (κ3) is 6.08. The van der Waals surface area contributed by atoms with Crippen molar-refractivity contribution in [2.75, 3.05) is 38.0 Å². The first-order chi connectivity index (χ1) is 23.7. The Hall–Kier alpha value is -5.24. The van der Waals surface area contributed by atoms with E-state index in [0.717, 1.165) is 53.2 Å². The summed E-state index contributed by atoms with van der Waals surface area (Å²) in [6.07, 6.45) is 8.48. The number of fused-ring (bicyclic) bond motifs is 6. The smallest absolute Gasteiger partial charge is 0.275 e. The number of halogens is 1. The molecule has 8 aromatic rings. The number of benzene rings is 2. The van der Waals surface area contributed by atoms with E-state index in [1.165, 1.54) is 22.7 Å². The van der Waals surface area contributed by atoms with Gasteiger partial charge in [-0.15, -0.1) is 22.7 Å². The highest BCUT2D eigenvalue weighted by molar-refractivity contribution is 9.10. The standard InChI is InChI=1S/C19H16N4OS.C17H13BrN4OS.CH4/c1-4-12-5-7-13(8-6-12)23-11-21-16-15-14(22(2)3)9-10-20-18(15)25-17(16)19(23)24;1-21(2)12-7-8-19-16-13(12)14-15(24-16)17(23)22(9-20-14)11-5-3-10(18)4-6-11;/h4-11H,1H2,2-3H3;3-9H,1-2H3;1H4. The number of hydrogen-bond acceptors (Lipinski definition) is 10. The quantitative estimate of drug-likeness (QED) is 0.173. The summed E-state index contributed by atoms with van der Waals surface area (Å²) in [5.74, 6) is 0. The maximum Gasteiger partial charge on any atom is 0.275 e. The zero-order chi connectivity index (χ0) is 34.4. The average Bonchev–Trinajstić information content (AvgIpc) is 3.69. The fourth-order valence-corrected chi connectivity index (χ4v) is 7.92. The summed E-state index contributed by atoms with van der Waals surface area (Å²) in [6, 6.07) is 19.1. The van der Waals surface area contributed by atoms with Crippen LogP contribution in [0.2, 0.25) is 0 Å². The molecule has 0 aliphatic rings. The van der Waals surface area contributed by atoms with Gasteiger partial charge in [0, 0.05) is 45.1 Å². The van der Waals surface area contributed by atoms with E-state index in [1.54, 1.807) is 40.3 Å². The number of pyridine rings is 2. The molecule has 0 aliphatic heterocycles. The number of hydrogen-bond donors (Lipinski definition) is 0. The fraction of sp³-hybridized carbons (Fsp3) is 0.135. The molecule has 0 amide bonds. The van der Waals surface area contributed by atoms with Gasteiger partial charge in [0.15, 0.2) is 0 Å². The SMILES string of the molecule is C.C=Cc1ccc(-n2cnc3c(sc4nccc(N(C)C)c43)c2=O)cc1.CN(C)c1ccnc2sc3c(=O)n(-c4ccc(Br)cc4)cnc3c12. The normalized spacial score (nSPS) is 11.0. The zero-order valence-corrected chi connectivity index (χ0v) is 30.2. The first kappa shape index (κ1) is 34.6. The zero-order valence-electron chi connectivity index (χ0n) is 27.0. The van der Waals surface area contributed by atoms with Gasteiger partial charge in [-0.3, -0.25) is 18.7 Å². The number of rotatable bonds is 5. The highest BCUT2D eigenvalue weighted by Crippen LogP contribution is 2.36. The molecule has 0 N–H and O–H groups in total. The van der Waals surface area contributed by atoms with Crippen molar-refractivity contribution >= 4 is 96.9 Å². The molecule has 8 rings (SSSR count). The molecule has 6 heterocycles. The minimum Gasteiger partial charge on any atom is -0.377 e. The first-order valence-corrected chi connectivity index (χ1v) is 17.5. The Morgan fingerprint density at radius 3 is 1.48 bits per heavy atom. The van der Waals surface area contributed by atoms with E-state index >= 15 is 0 Å². The molecule has 0 spiro atoms. The summed E-state index contributed by atoms with van der Waals surface area (Å²) in [5, 5.41) is 1.86. The third-order valence-electron chi connectivity index (χ3n) is 8.00. The van der Waals surface area contributed by atoms with Crippen LogP contribution in [0.5, 0.6) is 0 Å². The van der Waals surface area contributed by atoms with E-state index in [0.29, 0.717) is 20.4 Å². The van der Waals surface area contributed by atoms with Crippen LogP contribution in [0.3, 0.4) is 0 Å². The van der Waals surface area contributed by atoms with Crippen LogP contribution in [-0.4, -0.2) is 57.3 Å². The summed E-state index contributed by atoms with van der Waals surface area (Å²) in [7, 11) is 7.89. The van der Waals surface area contributed by atoms with Crippen LogP contribution in [0.4, 0.5) is 11.4 Å². The highest BCUT2D eigenvalue weighted by Gasteiger charge is 2.18. The van der Waals surface area contributed by atoms with E-state index in [-0.39, 0.29) is 18.5 Å². The Morgan fingerprint density at radius 1 is 0.660 bits per heavy atom. The van der Waals surface area contributed by atoms with Crippen LogP contribution < -0.4 is 20.9 Å². The van der Waals surface area contributed by atoms with Crippen molar-refractivity contribution in [1.82, 2.24) is 29.1 Å². The van der Waals surface area contributed by atoms with Gasteiger partial charge in [-0.05, 0) is 54.1 Å². The van der Waals surface area contributed by atoms with Gasteiger partial charge in [-0.1, -0.05) is 48.1 Å². The van der Waals surface area contributed by atoms with Gasteiger partial charge < -0.3 is 9.80 Å². The van der Waals surface area contributed by atoms with Crippen molar-refractivity contribution in [3.8, 4) is 11.4 Å². The Morgan fingerprint density at radius 2 is 1.08 bits per heavy atom. The van der Waals surface area contributed by atoms with Gasteiger partial charge in [0.2, 0.25) is 0 Å². The minimum atomic E-state index is -0.0796. The summed E-state index contributed by atoms with van der Waals surface area (Å²) in [4.78, 5) is 49.6. The lowest BCUT2D eigenvalue weighted by atomic mass is 10.2. The predicted octanol–water partition coefficient (Wildman–Crippen LogP) is 8.16. The molecule has 0 aliphatic carbocycles. The molecule has 0 radical (unpaired) electrons. The molecule has 252 valence electrons. The van der Waals surface area contributed by atoms with E-state index in [2.05, 4.69) is 42.4 Å². The van der Waals surface area contributed by atoms with Gasteiger partial charge in [0.05, 0.1) is 44.6 Å². The molecule has 10 nitrogen and oxygen atoms in total. The summed E-state index contributed by atoms with van der Waals surface area (Å²) >= 11 is 6.18. The lowest BCUT2D eigenvalue weighted by Crippen LogP contribution is -2.17.